The maximum atomic E-state index is 11.6. The summed E-state index contributed by atoms with van der Waals surface area (Å²) < 4.78 is 1.02. The molecule has 82 valence electrons. The molecule has 0 bridgehead atoms. The average molecular weight is 279 g/mol. The molecule has 2 aromatic rings. The molecule has 0 aliphatic heterocycles. The van der Waals surface area contributed by atoms with Gasteiger partial charge in [-0.3, -0.25) is 4.79 Å². The van der Waals surface area contributed by atoms with E-state index in [4.69, 9.17) is 0 Å². The van der Waals surface area contributed by atoms with Crippen molar-refractivity contribution in [1.29, 1.82) is 0 Å². The molecule has 1 N–H and O–H groups in total. The van der Waals surface area contributed by atoms with Crippen LogP contribution < -0.4 is 5.56 Å². The van der Waals surface area contributed by atoms with E-state index in [1.165, 1.54) is 0 Å². The van der Waals surface area contributed by atoms with Crippen LogP contribution in [0.5, 0.6) is 0 Å². The third-order valence-corrected chi connectivity index (χ3v) is 3.12. The van der Waals surface area contributed by atoms with E-state index in [-0.39, 0.29) is 5.56 Å². The summed E-state index contributed by atoms with van der Waals surface area (Å²) in [6, 6.07) is 9.70. The van der Waals surface area contributed by atoms with Crippen LogP contribution in [0.2, 0.25) is 0 Å². The Morgan fingerprint density at radius 3 is 2.81 bits per heavy atom. The lowest BCUT2D eigenvalue weighted by atomic mass is 10.1. The molecule has 2 rings (SSSR count). The summed E-state index contributed by atoms with van der Waals surface area (Å²) in [5.41, 5.74) is 2.53. The monoisotopic (exact) mass is 278 g/mol. The van der Waals surface area contributed by atoms with Crippen molar-refractivity contribution in [2.75, 3.05) is 0 Å². The van der Waals surface area contributed by atoms with Crippen molar-refractivity contribution in [3.8, 4) is 0 Å². The van der Waals surface area contributed by atoms with Crippen LogP contribution in [0.1, 0.15) is 16.8 Å². The van der Waals surface area contributed by atoms with Crippen LogP contribution in [0.4, 0.5) is 0 Å². The SMILES string of the molecule is Cc1cc(Cc2ccccc2Br)c(=O)[nH]n1. The highest BCUT2D eigenvalue weighted by atomic mass is 79.9. The zero-order chi connectivity index (χ0) is 11.5. The quantitative estimate of drug-likeness (QED) is 0.917. The third kappa shape index (κ3) is 2.39. The van der Waals surface area contributed by atoms with Gasteiger partial charge in [-0.1, -0.05) is 34.1 Å². The number of nitrogens with one attached hydrogen (secondary N) is 1. The fourth-order valence-corrected chi connectivity index (χ4v) is 1.96. The number of halogens is 1. The van der Waals surface area contributed by atoms with Gasteiger partial charge in [0.25, 0.3) is 5.56 Å². The molecule has 0 saturated heterocycles. The van der Waals surface area contributed by atoms with Gasteiger partial charge < -0.3 is 0 Å². The lowest BCUT2D eigenvalue weighted by Crippen LogP contribution is -2.15. The molecular weight excluding hydrogens is 268 g/mol. The number of hydrogen-bond acceptors (Lipinski definition) is 2. The van der Waals surface area contributed by atoms with Gasteiger partial charge in [0.2, 0.25) is 0 Å². The number of nitrogens with zero attached hydrogens (tertiary/aromatic N) is 1. The predicted molar refractivity (Wildman–Crippen MR) is 66.5 cm³/mol. The highest BCUT2D eigenvalue weighted by Crippen LogP contribution is 2.18. The Morgan fingerprint density at radius 2 is 2.06 bits per heavy atom. The second-order valence-corrected chi connectivity index (χ2v) is 4.49. The average Bonchev–Trinajstić information content (AvgIpc) is 2.27. The van der Waals surface area contributed by atoms with Crippen molar-refractivity contribution in [2.24, 2.45) is 0 Å². The molecule has 4 heteroatoms. The molecule has 0 atom stereocenters. The van der Waals surface area contributed by atoms with Crippen molar-refractivity contribution < 1.29 is 0 Å². The van der Waals surface area contributed by atoms with E-state index in [0.29, 0.717) is 6.42 Å². The van der Waals surface area contributed by atoms with E-state index >= 15 is 0 Å². The number of H-pyrrole nitrogens is 1. The zero-order valence-electron chi connectivity index (χ0n) is 8.83. The molecule has 1 aromatic carbocycles. The number of aromatic amines is 1. The van der Waals surface area contributed by atoms with Crippen LogP contribution in [0.15, 0.2) is 39.6 Å². The molecule has 0 saturated carbocycles. The molecule has 0 aliphatic rings. The van der Waals surface area contributed by atoms with Crippen LogP contribution in [-0.4, -0.2) is 10.2 Å². The molecule has 0 amide bonds. The molecule has 1 heterocycles. The molecule has 3 nitrogen and oxygen atoms in total. The first-order chi connectivity index (χ1) is 7.66. The number of aromatic nitrogens is 2. The molecule has 1 aromatic heterocycles. The minimum atomic E-state index is -0.124. The first-order valence-electron chi connectivity index (χ1n) is 4.95. The molecule has 0 radical (unpaired) electrons. The van der Waals surface area contributed by atoms with E-state index in [1.54, 1.807) is 0 Å². The summed E-state index contributed by atoms with van der Waals surface area (Å²) in [4.78, 5) is 11.6. The Balaban J connectivity index is 2.38. The van der Waals surface area contributed by atoms with Crippen molar-refractivity contribution in [1.82, 2.24) is 10.2 Å². The van der Waals surface area contributed by atoms with E-state index in [1.807, 2.05) is 37.3 Å². The first-order valence-corrected chi connectivity index (χ1v) is 5.75. The minimum absolute atomic E-state index is 0.124. The number of rotatable bonds is 2. The Hall–Kier alpha value is -1.42. The number of benzene rings is 1. The van der Waals surface area contributed by atoms with Crippen LogP contribution in [0, 0.1) is 6.92 Å². The van der Waals surface area contributed by atoms with Gasteiger partial charge >= 0.3 is 0 Å². The van der Waals surface area contributed by atoms with Gasteiger partial charge in [0.1, 0.15) is 0 Å². The van der Waals surface area contributed by atoms with Gasteiger partial charge in [-0.15, -0.1) is 0 Å². The number of hydrogen-bond donors (Lipinski definition) is 1. The third-order valence-electron chi connectivity index (χ3n) is 2.35. The van der Waals surface area contributed by atoms with Gasteiger partial charge in [0.05, 0.1) is 5.69 Å². The van der Waals surface area contributed by atoms with Crippen LogP contribution in [0.25, 0.3) is 0 Å². The lowest BCUT2D eigenvalue weighted by molar-refractivity contribution is 0.912. The Bertz CT molecular complexity index is 563. The summed E-state index contributed by atoms with van der Waals surface area (Å²) >= 11 is 3.47. The standard InChI is InChI=1S/C12H11BrN2O/c1-8-6-10(12(16)15-14-8)7-9-4-2-3-5-11(9)13/h2-6H,7H2,1H3,(H,15,16). The molecule has 0 unspecified atom stereocenters. The van der Waals surface area contributed by atoms with Gasteiger partial charge in [0, 0.05) is 16.5 Å². The van der Waals surface area contributed by atoms with Crippen molar-refractivity contribution in [3.05, 3.63) is 62.0 Å². The van der Waals surface area contributed by atoms with E-state index in [0.717, 1.165) is 21.3 Å². The van der Waals surface area contributed by atoms with Gasteiger partial charge in [-0.05, 0) is 24.6 Å². The zero-order valence-corrected chi connectivity index (χ0v) is 10.4. The predicted octanol–water partition coefficient (Wildman–Crippen LogP) is 2.43. The van der Waals surface area contributed by atoms with Crippen LogP contribution in [-0.2, 0) is 6.42 Å². The smallest absolute Gasteiger partial charge is 0.267 e. The largest absolute Gasteiger partial charge is 0.268 e. The summed E-state index contributed by atoms with van der Waals surface area (Å²) in [7, 11) is 0. The van der Waals surface area contributed by atoms with Gasteiger partial charge in [-0.2, -0.15) is 5.10 Å². The second-order valence-electron chi connectivity index (χ2n) is 3.63. The van der Waals surface area contributed by atoms with Crippen LogP contribution >= 0.6 is 15.9 Å². The van der Waals surface area contributed by atoms with Crippen molar-refractivity contribution in [3.63, 3.8) is 0 Å². The summed E-state index contributed by atoms with van der Waals surface area (Å²) in [5.74, 6) is 0. The number of aryl methyl sites for hydroxylation is 1. The Kier molecular flexibility index (Phi) is 3.19. The molecule has 0 spiro atoms. The maximum Gasteiger partial charge on any atom is 0.267 e. The van der Waals surface area contributed by atoms with Gasteiger partial charge in [0.15, 0.2) is 0 Å². The van der Waals surface area contributed by atoms with E-state index in [2.05, 4.69) is 26.1 Å². The highest BCUT2D eigenvalue weighted by molar-refractivity contribution is 9.10. The Morgan fingerprint density at radius 1 is 1.31 bits per heavy atom. The Labute approximate surface area is 102 Å². The van der Waals surface area contributed by atoms with Crippen molar-refractivity contribution in [2.45, 2.75) is 13.3 Å². The normalized spacial score (nSPS) is 10.4. The summed E-state index contributed by atoms with van der Waals surface area (Å²) in [6.45, 7) is 1.86. The second kappa shape index (κ2) is 4.61. The minimum Gasteiger partial charge on any atom is -0.268 e. The molecule has 0 fully saturated rings. The van der Waals surface area contributed by atoms with Gasteiger partial charge in [-0.25, -0.2) is 5.10 Å². The molecule has 16 heavy (non-hydrogen) atoms. The summed E-state index contributed by atoms with van der Waals surface area (Å²) in [5, 5.41) is 6.34. The fourth-order valence-electron chi connectivity index (χ4n) is 1.54. The topological polar surface area (TPSA) is 45.8 Å². The maximum absolute atomic E-state index is 11.6. The van der Waals surface area contributed by atoms with Crippen molar-refractivity contribution >= 4 is 15.9 Å². The molecular formula is C12H11BrN2O. The lowest BCUT2D eigenvalue weighted by Gasteiger charge is -2.03. The molecule has 0 aliphatic carbocycles. The van der Waals surface area contributed by atoms with E-state index in [9.17, 15) is 4.79 Å². The fraction of sp³-hybridized carbons (Fsp3) is 0.167. The first kappa shape index (κ1) is 11.1. The van der Waals surface area contributed by atoms with Crippen LogP contribution in [0.3, 0.4) is 0 Å². The van der Waals surface area contributed by atoms with E-state index < -0.39 is 0 Å². The highest BCUT2D eigenvalue weighted by Gasteiger charge is 2.04. The summed E-state index contributed by atoms with van der Waals surface area (Å²) in [6.07, 6.45) is 0.611.